The van der Waals surface area contributed by atoms with E-state index in [0.29, 0.717) is 33.4 Å². The lowest BCUT2D eigenvalue weighted by atomic mass is 9.78. The van der Waals surface area contributed by atoms with Gasteiger partial charge in [-0.2, -0.15) is 0 Å². The van der Waals surface area contributed by atoms with Gasteiger partial charge in [-0.25, -0.2) is 0 Å². The summed E-state index contributed by atoms with van der Waals surface area (Å²) in [5, 5.41) is 55.6. The molecule has 0 heterocycles. The van der Waals surface area contributed by atoms with Crippen LogP contribution in [0.25, 0.3) is 0 Å². The van der Waals surface area contributed by atoms with Crippen LogP contribution in [-0.2, 0) is 67.3 Å². The first-order valence-corrected chi connectivity index (χ1v) is 11.3. The van der Waals surface area contributed by atoms with Crippen molar-refractivity contribution in [3.05, 3.63) is 33.4 Å². The van der Waals surface area contributed by atoms with Gasteiger partial charge in [0.2, 0.25) is 0 Å². The molecule has 0 bridgehead atoms. The van der Waals surface area contributed by atoms with E-state index in [4.69, 9.17) is 0 Å². The second-order valence-electron chi connectivity index (χ2n) is 8.23. The van der Waals surface area contributed by atoms with E-state index < -0.39 is 35.8 Å². The number of benzene rings is 1. The highest BCUT2D eigenvalue weighted by molar-refractivity contribution is 5.72. The molecule has 36 heavy (non-hydrogen) atoms. The van der Waals surface area contributed by atoms with Crippen LogP contribution in [0.4, 0.5) is 0 Å². The molecule has 0 saturated carbocycles. The maximum absolute atomic E-state index is 11.4. The lowest BCUT2D eigenvalue weighted by Gasteiger charge is -2.27. The zero-order chi connectivity index (χ0) is 27.4. The third kappa shape index (κ3) is 10.1. The Morgan fingerprint density at radius 1 is 0.306 bits per heavy atom. The Labute approximate surface area is 206 Å². The Hall–Kier alpha value is -3.96. The summed E-state index contributed by atoms with van der Waals surface area (Å²) in [5.74, 6) is -7.01. The molecular formula is C24H30O12. The van der Waals surface area contributed by atoms with E-state index in [2.05, 4.69) is 0 Å². The van der Waals surface area contributed by atoms with Crippen LogP contribution in [0, 0.1) is 0 Å². The van der Waals surface area contributed by atoms with Gasteiger partial charge in [-0.15, -0.1) is 0 Å². The molecule has 1 aromatic carbocycles. The molecule has 0 amide bonds. The maximum Gasteiger partial charge on any atom is 0.303 e. The van der Waals surface area contributed by atoms with Crippen LogP contribution in [0.15, 0.2) is 0 Å². The van der Waals surface area contributed by atoms with E-state index in [-0.39, 0.29) is 77.0 Å². The standard InChI is InChI=1S/C24H30O12/c25-19(26)7-1-13-14(2-8-20(27)28)16(4-10-22(31)32)18(6-12-24(35)36)17(5-11-23(33)34)15(13)3-9-21(29)30/h1-12H2,(H,25,26)(H,27,28)(H,29,30)(H,31,32)(H,33,34)(H,35,36). The summed E-state index contributed by atoms with van der Waals surface area (Å²) in [5.41, 5.74) is 2.17. The van der Waals surface area contributed by atoms with Gasteiger partial charge in [0.05, 0.1) is 0 Å². The van der Waals surface area contributed by atoms with Gasteiger partial charge >= 0.3 is 35.8 Å². The zero-order valence-electron chi connectivity index (χ0n) is 19.6. The van der Waals surface area contributed by atoms with E-state index in [1.54, 1.807) is 0 Å². The Kier molecular flexibility index (Phi) is 12.1. The molecule has 198 valence electrons. The Balaban J connectivity index is 4.04. The minimum absolute atomic E-state index is 0.113. The van der Waals surface area contributed by atoms with Gasteiger partial charge in [0.25, 0.3) is 0 Å². The first-order chi connectivity index (χ1) is 16.8. The molecule has 0 aliphatic heterocycles. The minimum atomic E-state index is -1.17. The summed E-state index contributed by atoms with van der Waals surface area (Å²) in [4.78, 5) is 68.2. The van der Waals surface area contributed by atoms with Gasteiger partial charge < -0.3 is 30.6 Å². The van der Waals surface area contributed by atoms with E-state index >= 15 is 0 Å². The Morgan fingerprint density at radius 3 is 0.500 bits per heavy atom. The SMILES string of the molecule is O=C(O)CCc1c(CCC(=O)O)c(CCC(=O)O)c(CCC(=O)O)c(CCC(=O)O)c1CCC(=O)O. The molecule has 12 nitrogen and oxygen atoms in total. The summed E-state index contributed by atoms with van der Waals surface area (Å²) in [6.45, 7) is 0. The van der Waals surface area contributed by atoms with Crippen molar-refractivity contribution in [2.75, 3.05) is 0 Å². The van der Waals surface area contributed by atoms with Crippen molar-refractivity contribution < 1.29 is 59.4 Å². The van der Waals surface area contributed by atoms with Crippen LogP contribution in [0.2, 0.25) is 0 Å². The highest BCUT2D eigenvalue weighted by Gasteiger charge is 2.25. The number of hydrogen-bond donors (Lipinski definition) is 6. The summed E-state index contributed by atoms with van der Waals surface area (Å²) in [7, 11) is 0. The van der Waals surface area contributed by atoms with Crippen LogP contribution in [-0.4, -0.2) is 66.5 Å². The monoisotopic (exact) mass is 510 g/mol. The molecular weight excluding hydrogens is 480 g/mol. The normalized spacial score (nSPS) is 10.7. The van der Waals surface area contributed by atoms with Crippen LogP contribution in [0.3, 0.4) is 0 Å². The van der Waals surface area contributed by atoms with Crippen LogP contribution >= 0.6 is 0 Å². The lowest BCUT2D eigenvalue weighted by Crippen LogP contribution is -2.19. The average molecular weight is 510 g/mol. The molecule has 0 atom stereocenters. The largest absolute Gasteiger partial charge is 0.481 e. The van der Waals surface area contributed by atoms with Crippen molar-refractivity contribution in [1.29, 1.82) is 0 Å². The van der Waals surface area contributed by atoms with Gasteiger partial charge in [-0.05, 0) is 71.9 Å². The third-order valence-electron chi connectivity index (χ3n) is 5.72. The lowest BCUT2D eigenvalue weighted by molar-refractivity contribution is -0.138. The molecule has 1 aromatic rings. The number of hydrogen-bond acceptors (Lipinski definition) is 6. The fraction of sp³-hybridized carbons (Fsp3) is 0.500. The second kappa shape index (κ2) is 14.4. The first kappa shape index (κ1) is 30.1. The summed E-state index contributed by atoms with van der Waals surface area (Å²) < 4.78 is 0. The zero-order valence-corrected chi connectivity index (χ0v) is 19.6. The third-order valence-corrected chi connectivity index (χ3v) is 5.72. The molecule has 0 fully saturated rings. The maximum atomic E-state index is 11.4. The topological polar surface area (TPSA) is 224 Å². The molecule has 0 aromatic heterocycles. The number of carboxylic acid groups (broad SMARTS) is 6. The van der Waals surface area contributed by atoms with Crippen LogP contribution in [0.5, 0.6) is 0 Å². The predicted molar refractivity (Wildman–Crippen MR) is 122 cm³/mol. The van der Waals surface area contributed by atoms with Crippen LogP contribution < -0.4 is 0 Å². The average Bonchev–Trinajstić information content (AvgIpc) is 2.75. The van der Waals surface area contributed by atoms with E-state index in [0.717, 1.165) is 0 Å². The molecule has 6 N–H and O–H groups in total. The first-order valence-electron chi connectivity index (χ1n) is 11.3. The van der Waals surface area contributed by atoms with Gasteiger partial charge in [0.1, 0.15) is 0 Å². The van der Waals surface area contributed by atoms with Gasteiger partial charge in [0.15, 0.2) is 0 Å². The Morgan fingerprint density at radius 2 is 0.417 bits per heavy atom. The van der Waals surface area contributed by atoms with Crippen molar-refractivity contribution in [3.8, 4) is 0 Å². The Bertz CT molecular complexity index is 795. The fourth-order valence-corrected chi connectivity index (χ4v) is 4.30. The highest BCUT2D eigenvalue weighted by atomic mass is 16.4. The van der Waals surface area contributed by atoms with Gasteiger partial charge in [0, 0.05) is 38.5 Å². The summed E-state index contributed by atoms with van der Waals surface area (Å²) in [6.07, 6.45) is -2.98. The fourth-order valence-electron chi connectivity index (χ4n) is 4.30. The van der Waals surface area contributed by atoms with Crippen molar-refractivity contribution in [1.82, 2.24) is 0 Å². The second-order valence-corrected chi connectivity index (χ2v) is 8.23. The quantitative estimate of drug-likeness (QED) is 0.166. The predicted octanol–water partition coefficient (Wildman–Crippen LogP) is 1.79. The number of rotatable bonds is 18. The molecule has 0 radical (unpaired) electrons. The smallest absolute Gasteiger partial charge is 0.303 e. The molecule has 0 aliphatic carbocycles. The molecule has 1 rings (SSSR count). The van der Waals surface area contributed by atoms with Crippen LogP contribution in [0.1, 0.15) is 71.9 Å². The van der Waals surface area contributed by atoms with Crippen molar-refractivity contribution in [2.24, 2.45) is 0 Å². The molecule has 0 spiro atoms. The van der Waals surface area contributed by atoms with E-state index in [9.17, 15) is 59.4 Å². The van der Waals surface area contributed by atoms with Gasteiger partial charge in [-0.3, -0.25) is 28.8 Å². The van der Waals surface area contributed by atoms with Crippen molar-refractivity contribution in [3.63, 3.8) is 0 Å². The highest BCUT2D eigenvalue weighted by Crippen LogP contribution is 2.34. The molecule has 12 heteroatoms. The molecule has 0 unspecified atom stereocenters. The molecule has 0 aliphatic rings. The number of carboxylic acids is 6. The van der Waals surface area contributed by atoms with Crippen molar-refractivity contribution >= 4 is 35.8 Å². The molecule has 0 saturated heterocycles. The van der Waals surface area contributed by atoms with Crippen molar-refractivity contribution in [2.45, 2.75) is 77.0 Å². The van der Waals surface area contributed by atoms with Gasteiger partial charge in [-0.1, -0.05) is 0 Å². The minimum Gasteiger partial charge on any atom is -0.481 e. The van der Waals surface area contributed by atoms with E-state index in [1.165, 1.54) is 0 Å². The van der Waals surface area contributed by atoms with E-state index in [1.807, 2.05) is 0 Å². The number of aliphatic carboxylic acids is 6. The summed E-state index contributed by atoms with van der Waals surface area (Å²) in [6, 6.07) is 0. The summed E-state index contributed by atoms with van der Waals surface area (Å²) >= 11 is 0. The number of carbonyl (C=O) groups is 6.